The number of ether oxygens (including phenoxy) is 1. The molecule has 0 unspecified atom stereocenters. The molecule has 1 saturated heterocycles. The Labute approximate surface area is 149 Å². The predicted octanol–water partition coefficient (Wildman–Crippen LogP) is 2.23. The van der Waals surface area contributed by atoms with Gasteiger partial charge in [-0.05, 0) is 38.2 Å². The van der Waals surface area contributed by atoms with Crippen molar-refractivity contribution < 1.29 is 14.3 Å². The van der Waals surface area contributed by atoms with E-state index in [-0.39, 0.29) is 24.5 Å². The molecule has 1 aliphatic rings. The minimum absolute atomic E-state index is 0.0359. The minimum atomic E-state index is -0.490. The van der Waals surface area contributed by atoms with Crippen LogP contribution in [0.4, 0.5) is 4.79 Å². The first kappa shape index (κ1) is 19.2. The summed E-state index contributed by atoms with van der Waals surface area (Å²) in [5.74, 6) is 0.229. The summed E-state index contributed by atoms with van der Waals surface area (Å²) < 4.78 is 5.42. The zero-order valence-electron chi connectivity index (χ0n) is 15.2. The van der Waals surface area contributed by atoms with Crippen molar-refractivity contribution in [2.45, 2.75) is 39.3 Å². The number of benzene rings is 1. The molecule has 1 aromatic rings. The summed E-state index contributed by atoms with van der Waals surface area (Å²) >= 11 is 0. The number of carbonyl (C=O) groups excluding carboxylic acids is 2. The first-order chi connectivity index (χ1) is 12.0. The van der Waals surface area contributed by atoms with Crippen LogP contribution in [0.3, 0.4) is 0 Å². The van der Waals surface area contributed by atoms with Crippen molar-refractivity contribution in [2.24, 2.45) is 11.7 Å². The molecule has 2 N–H and O–H groups in total. The molecule has 0 saturated carbocycles. The maximum atomic E-state index is 12.3. The Morgan fingerprint density at radius 1 is 1.36 bits per heavy atom. The van der Waals surface area contributed by atoms with Crippen LogP contribution in [0.5, 0.6) is 0 Å². The van der Waals surface area contributed by atoms with E-state index in [0.717, 1.165) is 18.4 Å². The Balaban J connectivity index is 1.84. The number of nitrogens with two attached hydrogens (primary N) is 1. The van der Waals surface area contributed by atoms with Crippen molar-refractivity contribution >= 4 is 12.0 Å². The molecule has 6 heteroatoms. The maximum absolute atomic E-state index is 12.3. The normalized spacial score (nSPS) is 18.5. The van der Waals surface area contributed by atoms with Gasteiger partial charge < -0.3 is 20.3 Å². The molecule has 1 aromatic carbocycles. The van der Waals surface area contributed by atoms with Crippen LogP contribution in [0.2, 0.25) is 0 Å². The highest BCUT2D eigenvalue weighted by Crippen LogP contribution is 2.19. The van der Waals surface area contributed by atoms with E-state index in [1.165, 1.54) is 0 Å². The van der Waals surface area contributed by atoms with Crippen LogP contribution < -0.4 is 5.73 Å². The van der Waals surface area contributed by atoms with Crippen LogP contribution in [0, 0.1) is 5.92 Å². The maximum Gasteiger partial charge on any atom is 0.410 e. The van der Waals surface area contributed by atoms with Crippen LogP contribution in [-0.2, 0) is 16.1 Å². The lowest BCUT2D eigenvalue weighted by atomic mass is 9.97. The second-order valence-corrected chi connectivity index (χ2v) is 6.66. The lowest BCUT2D eigenvalue weighted by Gasteiger charge is -2.35. The highest BCUT2D eigenvalue weighted by atomic mass is 16.6. The monoisotopic (exact) mass is 347 g/mol. The average Bonchev–Trinajstić information content (AvgIpc) is 2.64. The Morgan fingerprint density at radius 2 is 2.08 bits per heavy atom. The third-order valence-electron chi connectivity index (χ3n) is 4.54. The first-order valence-corrected chi connectivity index (χ1v) is 9.01. The van der Waals surface area contributed by atoms with Gasteiger partial charge in [0.05, 0.1) is 6.04 Å². The number of likely N-dealkylation sites (tertiary alicyclic amines) is 1. The summed E-state index contributed by atoms with van der Waals surface area (Å²) in [5.41, 5.74) is 6.69. The minimum Gasteiger partial charge on any atom is -0.445 e. The SMILES string of the molecule is CCN(C[C@@H]1CCCN(C(=O)OCc2ccccc2)C1)C(=O)[C@H](C)N. The molecular formula is C19H29N3O3. The van der Waals surface area contributed by atoms with Crippen LogP contribution in [0.15, 0.2) is 30.3 Å². The summed E-state index contributed by atoms with van der Waals surface area (Å²) in [7, 11) is 0. The van der Waals surface area contributed by atoms with E-state index in [1.807, 2.05) is 37.3 Å². The topological polar surface area (TPSA) is 75.9 Å². The van der Waals surface area contributed by atoms with E-state index >= 15 is 0 Å². The molecule has 1 fully saturated rings. The van der Waals surface area contributed by atoms with Crippen molar-refractivity contribution in [1.82, 2.24) is 9.80 Å². The smallest absolute Gasteiger partial charge is 0.410 e. The van der Waals surface area contributed by atoms with Crippen molar-refractivity contribution in [2.75, 3.05) is 26.2 Å². The number of hydrogen-bond acceptors (Lipinski definition) is 4. The van der Waals surface area contributed by atoms with Crippen molar-refractivity contribution in [3.05, 3.63) is 35.9 Å². The third-order valence-corrected chi connectivity index (χ3v) is 4.54. The Kier molecular flexibility index (Phi) is 7.25. The number of piperidine rings is 1. The molecule has 6 nitrogen and oxygen atoms in total. The van der Waals surface area contributed by atoms with Gasteiger partial charge in [-0.1, -0.05) is 30.3 Å². The number of hydrogen-bond donors (Lipinski definition) is 1. The molecule has 1 aliphatic heterocycles. The molecule has 0 bridgehead atoms. The molecule has 25 heavy (non-hydrogen) atoms. The Bertz CT molecular complexity index is 562. The molecule has 1 heterocycles. The van der Waals surface area contributed by atoms with Gasteiger partial charge in [0, 0.05) is 26.2 Å². The molecular weight excluding hydrogens is 318 g/mol. The number of amides is 2. The van der Waals surface area contributed by atoms with Gasteiger partial charge in [0.2, 0.25) is 5.91 Å². The zero-order valence-corrected chi connectivity index (χ0v) is 15.2. The number of likely N-dealkylation sites (N-methyl/N-ethyl adjacent to an activating group) is 1. The standard InChI is InChI=1S/C19H29N3O3/c1-3-21(18(23)15(2)20)12-17-10-7-11-22(13-17)19(24)25-14-16-8-5-4-6-9-16/h4-6,8-9,15,17H,3,7,10-14,20H2,1-2H3/t15-,17-/m0/s1. The summed E-state index contributed by atoms with van der Waals surface area (Å²) in [5, 5.41) is 0. The molecule has 0 aromatic heterocycles. The lowest BCUT2D eigenvalue weighted by Crippen LogP contribution is -2.48. The molecule has 2 amide bonds. The summed E-state index contributed by atoms with van der Waals surface area (Å²) in [4.78, 5) is 28.0. The van der Waals surface area contributed by atoms with Gasteiger partial charge in [-0.15, -0.1) is 0 Å². The molecule has 0 radical (unpaired) electrons. The Hall–Kier alpha value is -2.08. The van der Waals surface area contributed by atoms with E-state index in [2.05, 4.69) is 0 Å². The summed E-state index contributed by atoms with van der Waals surface area (Å²) in [6.45, 7) is 6.54. The van der Waals surface area contributed by atoms with E-state index < -0.39 is 6.04 Å². The summed E-state index contributed by atoms with van der Waals surface area (Å²) in [6, 6.07) is 9.17. The van der Waals surface area contributed by atoms with E-state index in [9.17, 15) is 9.59 Å². The van der Waals surface area contributed by atoms with E-state index in [4.69, 9.17) is 10.5 Å². The van der Waals surface area contributed by atoms with Crippen LogP contribution >= 0.6 is 0 Å². The molecule has 2 atom stereocenters. The number of nitrogens with zero attached hydrogens (tertiary/aromatic N) is 2. The second kappa shape index (κ2) is 9.42. The first-order valence-electron chi connectivity index (χ1n) is 9.01. The van der Waals surface area contributed by atoms with Gasteiger partial charge >= 0.3 is 6.09 Å². The van der Waals surface area contributed by atoms with E-state index in [1.54, 1.807) is 16.7 Å². The second-order valence-electron chi connectivity index (χ2n) is 6.66. The van der Waals surface area contributed by atoms with Crippen molar-refractivity contribution in [1.29, 1.82) is 0 Å². The highest BCUT2D eigenvalue weighted by molar-refractivity contribution is 5.81. The lowest BCUT2D eigenvalue weighted by molar-refractivity contribution is -0.132. The molecule has 138 valence electrons. The molecule has 0 aliphatic carbocycles. The number of carbonyl (C=O) groups is 2. The molecule has 2 rings (SSSR count). The van der Waals surface area contributed by atoms with Gasteiger partial charge in [-0.3, -0.25) is 4.79 Å². The van der Waals surface area contributed by atoms with Gasteiger partial charge in [0.1, 0.15) is 6.61 Å². The van der Waals surface area contributed by atoms with E-state index in [0.29, 0.717) is 26.2 Å². The highest BCUT2D eigenvalue weighted by Gasteiger charge is 2.27. The number of rotatable bonds is 6. The fourth-order valence-corrected chi connectivity index (χ4v) is 3.17. The van der Waals surface area contributed by atoms with Gasteiger partial charge in [-0.2, -0.15) is 0 Å². The zero-order chi connectivity index (χ0) is 18.2. The summed E-state index contributed by atoms with van der Waals surface area (Å²) in [6.07, 6.45) is 1.65. The van der Waals surface area contributed by atoms with Gasteiger partial charge in [-0.25, -0.2) is 4.79 Å². The van der Waals surface area contributed by atoms with Crippen LogP contribution in [0.1, 0.15) is 32.3 Å². The largest absolute Gasteiger partial charge is 0.445 e. The van der Waals surface area contributed by atoms with Crippen molar-refractivity contribution in [3.63, 3.8) is 0 Å². The molecule has 0 spiro atoms. The Morgan fingerprint density at radius 3 is 2.72 bits per heavy atom. The average molecular weight is 347 g/mol. The fraction of sp³-hybridized carbons (Fsp3) is 0.579. The quantitative estimate of drug-likeness (QED) is 0.856. The predicted molar refractivity (Wildman–Crippen MR) is 96.8 cm³/mol. The van der Waals surface area contributed by atoms with Gasteiger partial charge in [0.25, 0.3) is 0 Å². The fourth-order valence-electron chi connectivity index (χ4n) is 3.17. The third kappa shape index (κ3) is 5.74. The van der Waals surface area contributed by atoms with Gasteiger partial charge in [0.15, 0.2) is 0 Å². The van der Waals surface area contributed by atoms with Crippen molar-refractivity contribution in [3.8, 4) is 0 Å². The van der Waals surface area contributed by atoms with Crippen LogP contribution in [0.25, 0.3) is 0 Å². The van der Waals surface area contributed by atoms with Crippen LogP contribution in [-0.4, -0.2) is 54.0 Å².